The number of carbonyl (C=O) groups is 4. The number of esters is 2. The second-order valence-corrected chi connectivity index (χ2v) is 8.04. The van der Waals surface area contributed by atoms with Gasteiger partial charge in [0.15, 0.2) is 0 Å². The molecule has 192 valence electrons. The van der Waals surface area contributed by atoms with Gasteiger partial charge in [0.25, 0.3) is 23.2 Å². The van der Waals surface area contributed by atoms with Crippen LogP contribution >= 0.6 is 0 Å². The maximum atomic E-state index is 12.8. The Kier molecular flexibility index (Phi) is 7.19. The molecule has 0 fully saturated rings. The van der Waals surface area contributed by atoms with Crippen LogP contribution in [-0.4, -0.2) is 45.0 Å². The summed E-state index contributed by atoms with van der Waals surface area (Å²) >= 11 is 0. The van der Waals surface area contributed by atoms with Crippen molar-refractivity contribution in [2.45, 2.75) is 13.2 Å². The van der Waals surface area contributed by atoms with Crippen LogP contribution in [0.3, 0.4) is 0 Å². The van der Waals surface area contributed by atoms with Gasteiger partial charge < -0.3 is 9.47 Å². The molecule has 2 amide bonds. The van der Waals surface area contributed by atoms with Crippen molar-refractivity contribution in [2.75, 3.05) is 6.54 Å². The zero-order chi connectivity index (χ0) is 27.4. The maximum absolute atomic E-state index is 12.8. The van der Waals surface area contributed by atoms with Crippen LogP contribution in [0.4, 0.5) is 11.4 Å². The molecule has 0 unspecified atom stereocenters. The summed E-state index contributed by atoms with van der Waals surface area (Å²) in [4.78, 5) is 71.2. The number of nitrogens with zero attached hydrogens (tertiary/aromatic N) is 3. The highest BCUT2D eigenvalue weighted by Crippen LogP contribution is 2.25. The Balaban J connectivity index is 1.35. The fourth-order valence-corrected chi connectivity index (χ4v) is 3.56. The maximum Gasteiger partial charge on any atom is 0.338 e. The number of carbonyl (C=O) groups excluding carboxylic acids is 4. The van der Waals surface area contributed by atoms with E-state index in [9.17, 15) is 39.4 Å². The van der Waals surface area contributed by atoms with Crippen molar-refractivity contribution in [1.82, 2.24) is 4.90 Å². The van der Waals surface area contributed by atoms with Crippen molar-refractivity contribution >= 4 is 35.1 Å². The van der Waals surface area contributed by atoms with Crippen LogP contribution in [0.15, 0.2) is 66.7 Å². The van der Waals surface area contributed by atoms with Gasteiger partial charge in [-0.15, -0.1) is 0 Å². The van der Waals surface area contributed by atoms with Crippen molar-refractivity contribution in [3.8, 4) is 0 Å². The lowest BCUT2D eigenvalue weighted by atomic mass is 10.1. The number of benzene rings is 3. The van der Waals surface area contributed by atoms with Gasteiger partial charge in [0, 0.05) is 24.3 Å². The second kappa shape index (κ2) is 10.7. The van der Waals surface area contributed by atoms with Gasteiger partial charge >= 0.3 is 11.9 Å². The average Bonchev–Trinajstić information content (AvgIpc) is 3.15. The second-order valence-electron chi connectivity index (χ2n) is 8.04. The van der Waals surface area contributed by atoms with Crippen LogP contribution in [0.5, 0.6) is 0 Å². The largest absolute Gasteiger partial charge is 0.459 e. The number of amides is 2. The molecule has 0 radical (unpaired) electrons. The third-order valence-electron chi connectivity index (χ3n) is 5.56. The summed E-state index contributed by atoms with van der Waals surface area (Å²) < 4.78 is 10.3. The predicted octanol–water partition coefficient (Wildman–Crippen LogP) is 3.20. The molecular formula is C25H17N3O10. The van der Waals surface area contributed by atoms with E-state index >= 15 is 0 Å². The molecule has 38 heavy (non-hydrogen) atoms. The summed E-state index contributed by atoms with van der Waals surface area (Å²) in [7, 11) is 0. The molecule has 1 heterocycles. The van der Waals surface area contributed by atoms with E-state index in [4.69, 9.17) is 9.47 Å². The van der Waals surface area contributed by atoms with E-state index in [0.29, 0.717) is 16.0 Å². The molecule has 13 heteroatoms. The van der Waals surface area contributed by atoms with E-state index in [1.54, 1.807) is 0 Å². The highest BCUT2D eigenvalue weighted by atomic mass is 16.6. The number of imide groups is 1. The molecule has 0 N–H and O–H groups in total. The van der Waals surface area contributed by atoms with Crippen molar-refractivity contribution in [2.24, 2.45) is 0 Å². The molecule has 1 aliphatic rings. The summed E-state index contributed by atoms with van der Waals surface area (Å²) in [5.41, 5.74) is 0.669. The Labute approximate surface area is 213 Å². The molecule has 3 aromatic carbocycles. The van der Waals surface area contributed by atoms with Crippen molar-refractivity contribution in [3.63, 3.8) is 0 Å². The lowest BCUT2D eigenvalue weighted by Gasteiger charge is -2.13. The van der Waals surface area contributed by atoms with Crippen LogP contribution in [0.1, 0.15) is 42.2 Å². The first kappa shape index (κ1) is 25.6. The summed E-state index contributed by atoms with van der Waals surface area (Å²) in [5, 5.41) is 21.4. The number of fused-ring (bicyclic) bond motifs is 1. The number of non-ortho nitro benzene ring substituents is 2. The van der Waals surface area contributed by atoms with Gasteiger partial charge in [-0.2, -0.15) is 0 Å². The molecule has 0 aliphatic carbocycles. The van der Waals surface area contributed by atoms with E-state index in [-0.39, 0.29) is 41.3 Å². The Hall–Kier alpha value is -5.46. The van der Waals surface area contributed by atoms with Gasteiger partial charge in [-0.1, -0.05) is 0 Å². The lowest BCUT2D eigenvalue weighted by Crippen LogP contribution is -2.35. The molecular weight excluding hydrogens is 502 g/mol. The normalized spacial score (nSPS) is 12.2. The fraction of sp³-hybridized carbons (Fsp3) is 0.120. The molecule has 0 bridgehead atoms. The van der Waals surface area contributed by atoms with Gasteiger partial charge in [-0.05, 0) is 53.6 Å². The molecule has 0 spiro atoms. The van der Waals surface area contributed by atoms with E-state index in [2.05, 4.69) is 0 Å². The first-order valence-corrected chi connectivity index (χ1v) is 10.9. The highest BCUT2D eigenvalue weighted by Gasteiger charge is 2.37. The van der Waals surface area contributed by atoms with E-state index in [1.807, 2.05) is 0 Å². The zero-order valence-electron chi connectivity index (χ0n) is 19.4. The summed E-state index contributed by atoms with van der Waals surface area (Å²) in [6.07, 6.45) is 0. The van der Waals surface area contributed by atoms with Crippen LogP contribution in [0.2, 0.25) is 0 Å². The van der Waals surface area contributed by atoms with Crippen LogP contribution in [0, 0.1) is 20.2 Å². The minimum atomic E-state index is -0.874. The number of rotatable bonds is 9. The molecule has 1 aliphatic heterocycles. The topological polar surface area (TPSA) is 176 Å². The Morgan fingerprint density at radius 2 is 1.21 bits per heavy atom. The van der Waals surface area contributed by atoms with E-state index < -0.39 is 40.1 Å². The SMILES string of the molecule is O=C(CN1C(=O)c2ccc(C(=O)OCc3ccc([N+](=O)[O-])cc3)cc2C1=O)OCc1ccc([N+](=O)[O-])cc1. The van der Waals surface area contributed by atoms with E-state index in [0.717, 1.165) is 0 Å². The van der Waals surface area contributed by atoms with Gasteiger partial charge in [-0.3, -0.25) is 39.5 Å². The minimum absolute atomic E-state index is 0.00471. The molecule has 0 saturated carbocycles. The number of nitro benzene ring substituents is 2. The van der Waals surface area contributed by atoms with Crippen LogP contribution in [-0.2, 0) is 27.5 Å². The Morgan fingerprint density at radius 3 is 1.74 bits per heavy atom. The standard InChI is InChI=1S/C25H17N3O10/c29-22(37-13-15-1-6-18(7-2-15)27(33)34)12-26-23(30)20-10-5-17(11-21(20)24(26)31)25(32)38-14-16-3-8-19(9-4-16)28(35)36/h1-11H,12-14H2. The van der Waals surface area contributed by atoms with E-state index in [1.165, 1.54) is 66.7 Å². The van der Waals surface area contributed by atoms with Crippen molar-refractivity contribution < 1.29 is 38.5 Å². The molecule has 13 nitrogen and oxygen atoms in total. The first-order valence-electron chi connectivity index (χ1n) is 10.9. The number of hydrogen-bond donors (Lipinski definition) is 0. The average molecular weight is 519 g/mol. The first-order chi connectivity index (χ1) is 18.1. The van der Waals surface area contributed by atoms with Gasteiger partial charge in [-0.25, -0.2) is 4.79 Å². The number of nitro groups is 2. The van der Waals surface area contributed by atoms with Crippen molar-refractivity contribution in [1.29, 1.82) is 0 Å². The third-order valence-corrected chi connectivity index (χ3v) is 5.56. The monoisotopic (exact) mass is 519 g/mol. The number of ether oxygens (including phenoxy) is 2. The van der Waals surface area contributed by atoms with Gasteiger partial charge in [0.05, 0.1) is 26.5 Å². The zero-order valence-corrected chi connectivity index (χ0v) is 19.4. The molecule has 4 rings (SSSR count). The van der Waals surface area contributed by atoms with Gasteiger partial charge in [0.2, 0.25) is 0 Å². The number of hydrogen-bond acceptors (Lipinski definition) is 10. The summed E-state index contributed by atoms with van der Waals surface area (Å²) in [6, 6.07) is 14.5. The summed E-state index contributed by atoms with van der Waals surface area (Å²) in [6.45, 7) is -1.06. The quantitative estimate of drug-likeness (QED) is 0.176. The molecule has 0 saturated heterocycles. The Bertz CT molecular complexity index is 1470. The molecule has 0 atom stereocenters. The lowest BCUT2D eigenvalue weighted by molar-refractivity contribution is -0.385. The summed E-state index contributed by atoms with van der Waals surface area (Å²) in [5.74, 6) is -3.18. The van der Waals surface area contributed by atoms with Crippen LogP contribution < -0.4 is 0 Å². The smallest absolute Gasteiger partial charge is 0.338 e. The molecule has 0 aromatic heterocycles. The van der Waals surface area contributed by atoms with Crippen LogP contribution in [0.25, 0.3) is 0 Å². The highest BCUT2D eigenvalue weighted by molar-refractivity contribution is 6.22. The van der Waals surface area contributed by atoms with Crippen molar-refractivity contribution in [3.05, 3.63) is 115 Å². The fourth-order valence-electron chi connectivity index (χ4n) is 3.56. The third kappa shape index (κ3) is 5.51. The minimum Gasteiger partial charge on any atom is -0.459 e. The predicted molar refractivity (Wildman–Crippen MR) is 127 cm³/mol. The van der Waals surface area contributed by atoms with Gasteiger partial charge in [0.1, 0.15) is 19.8 Å². The Morgan fingerprint density at radius 1 is 0.711 bits per heavy atom. The molecule has 3 aromatic rings.